The Morgan fingerprint density at radius 2 is 1.92 bits per heavy atom. The molecule has 130 valence electrons. The Bertz CT molecular complexity index is 829. The lowest BCUT2D eigenvalue weighted by Crippen LogP contribution is -2.27. The lowest BCUT2D eigenvalue weighted by Gasteiger charge is -2.12. The molecule has 0 radical (unpaired) electrons. The lowest BCUT2D eigenvalue weighted by molar-refractivity contribution is 0.0922. The highest BCUT2D eigenvalue weighted by molar-refractivity contribution is 5.91. The fraction of sp³-hybridized carbons (Fsp3) is 0.300. The monoisotopic (exact) mass is 338 g/mol. The van der Waals surface area contributed by atoms with Crippen LogP contribution in [0.25, 0.3) is 0 Å². The molecule has 1 N–H and O–H groups in total. The van der Waals surface area contributed by atoms with E-state index in [9.17, 15) is 4.79 Å². The van der Waals surface area contributed by atoms with Crippen molar-refractivity contribution >= 4 is 5.91 Å². The summed E-state index contributed by atoms with van der Waals surface area (Å²) in [4.78, 5) is 12.3. The molecule has 2 heterocycles. The molecular formula is C20H22N2O3. The van der Waals surface area contributed by atoms with E-state index in [0.29, 0.717) is 18.7 Å². The summed E-state index contributed by atoms with van der Waals surface area (Å²) in [5.74, 6) is 1.85. The van der Waals surface area contributed by atoms with Crippen LogP contribution >= 0.6 is 0 Å². The van der Waals surface area contributed by atoms with Crippen molar-refractivity contribution in [2.45, 2.75) is 33.1 Å². The van der Waals surface area contributed by atoms with Gasteiger partial charge in [-0.15, -0.1) is 0 Å². The molecule has 0 bridgehead atoms. The largest absolute Gasteiger partial charge is 0.456 e. The molecule has 3 aromatic rings. The Hall–Kier alpha value is -2.82. The van der Waals surface area contributed by atoms with Gasteiger partial charge in [0, 0.05) is 18.5 Å². The van der Waals surface area contributed by atoms with Crippen molar-refractivity contribution in [1.82, 2.24) is 10.5 Å². The summed E-state index contributed by atoms with van der Waals surface area (Å²) in [7, 11) is 0. The number of nitrogens with one attached hydrogen (secondary N) is 1. The molecule has 25 heavy (non-hydrogen) atoms. The molecule has 0 fully saturated rings. The van der Waals surface area contributed by atoms with E-state index in [1.165, 1.54) is 5.56 Å². The third-order valence-electron chi connectivity index (χ3n) is 4.36. The molecule has 0 aliphatic carbocycles. The van der Waals surface area contributed by atoms with Crippen molar-refractivity contribution in [3.63, 3.8) is 0 Å². The topological polar surface area (TPSA) is 68.3 Å². The third kappa shape index (κ3) is 3.99. The van der Waals surface area contributed by atoms with Crippen LogP contribution in [0.3, 0.4) is 0 Å². The second-order valence-corrected chi connectivity index (χ2v) is 6.27. The highest BCUT2D eigenvalue weighted by Gasteiger charge is 2.16. The van der Waals surface area contributed by atoms with Crippen molar-refractivity contribution in [3.8, 4) is 0 Å². The number of carbonyl (C=O) groups excluding carboxylic acids is 1. The van der Waals surface area contributed by atoms with Crippen molar-refractivity contribution in [2.75, 3.05) is 6.54 Å². The minimum atomic E-state index is -0.201. The quantitative estimate of drug-likeness (QED) is 0.737. The van der Waals surface area contributed by atoms with E-state index in [0.717, 1.165) is 22.8 Å². The molecule has 3 rings (SSSR count). The maximum absolute atomic E-state index is 12.3. The maximum atomic E-state index is 12.3. The van der Waals surface area contributed by atoms with Gasteiger partial charge in [0.1, 0.15) is 11.5 Å². The molecule has 0 aliphatic rings. The number of furan rings is 1. The van der Waals surface area contributed by atoms with Crippen LogP contribution in [0.5, 0.6) is 0 Å². The molecule has 5 nitrogen and oxygen atoms in total. The molecule has 0 saturated heterocycles. The molecule has 0 saturated carbocycles. The number of carbonyl (C=O) groups is 1. The first-order valence-corrected chi connectivity index (χ1v) is 8.38. The fourth-order valence-electron chi connectivity index (χ4n) is 2.76. The molecule has 2 aromatic heterocycles. The van der Waals surface area contributed by atoms with Crippen LogP contribution in [0.15, 0.2) is 51.4 Å². The zero-order chi connectivity index (χ0) is 17.8. The van der Waals surface area contributed by atoms with Gasteiger partial charge in [0.05, 0.1) is 5.69 Å². The Balaban J connectivity index is 1.59. The zero-order valence-electron chi connectivity index (χ0n) is 14.7. The van der Waals surface area contributed by atoms with Crippen molar-refractivity contribution < 1.29 is 13.7 Å². The van der Waals surface area contributed by atoms with Gasteiger partial charge in [0.25, 0.3) is 5.91 Å². The van der Waals surface area contributed by atoms with E-state index in [4.69, 9.17) is 8.94 Å². The van der Waals surface area contributed by atoms with E-state index >= 15 is 0 Å². The number of benzene rings is 1. The van der Waals surface area contributed by atoms with E-state index in [1.54, 1.807) is 6.07 Å². The first kappa shape index (κ1) is 17.0. The molecule has 1 amide bonds. The molecule has 5 heteroatoms. The first-order valence-electron chi connectivity index (χ1n) is 8.38. The summed E-state index contributed by atoms with van der Waals surface area (Å²) in [6.07, 6.45) is 0.564. The van der Waals surface area contributed by atoms with Crippen LogP contribution in [-0.4, -0.2) is 17.6 Å². The van der Waals surface area contributed by atoms with E-state index < -0.39 is 0 Å². The summed E-state index contributed by atoms with van der Waals surface area (Å²) >= 11 is 0. The Morgan fingerprint density at radius 3 is 2.60 bits per heavy atom. The van der Waals surface area contributed by atoms with Crippen LogP contribution < -0.4 is 5.32 Å². The SMILES string of the molecule is Cc1noc(C)c1Cc1ccc(C(=O)NCC(C)c2ccccc2)o1. The lowest BCUT2D eigenvalue weighted by atomic mass is 10.0. The third-order valence-corrected chi connectivity index (χ3v) is 4.36. The number of hydrogen-bond donors (Lipinski definition) is 1. The van der Waals surface area contributed by atoms with Gasteiger partial charge in [-0.25, -0.2) is 0 Å². The number of aromatic nitrogens is 1. The van der Waals surface area contributed by atoms with Crippen LogP contribution in [0.1, 0.15) is 51.7 Å². The maximum Gasteiger partial charge on any atom is 0.287 e. The second kappa shape index (κ2) is 7.38. The van der Waals surface area contributed by atoms with Gasteiger partial charge in [-0.05, 0) is 37.5 Å². The molecule has 0 aliphatic heterocycles. The van der Waals surface area contributed by atoms with Gasteiger partial charge in [-0.3, -0.25) is 4.79 Å². The average Bonchev–Trinajstić information content (AvgIpc) is 3.22. The van der Waals surface area contributed by atoms with E-state index in [-0.39, 0.29) is 11.8 Å². The van der Waals surface area contributed by atoms with Crippen LogP contribution in [0, 0.1) is 13.8 Å². The normalized spacial score (nSPS) is 12.1. The Kier molecular flexibility index (Phi) is 5.03. The minimum absolute atomic E-state index is 0.201. The summed E-state index contributed by atoms with van der Waals surface area (Å²) in [6, 6.07) is 13.6. The summed E-state index contributed by atoms with van der Waals surface area (Å²) < 4.78 is 10.8. The van der Waals surface area contributed by atoms with E-state index in [1.807, 2.05) is 38.1 Å². The molecule has 1 aromatic carbocycles. The Morgan fingerprint density at radius 1 is 1.16 bits per heavy atom. The first-order chi connectivity index (χ1) is 12.0. The average molecular weight is 338 g/mol. The highest BCUT2D eigenvalue weighted by atomic mass is 16.5. The van der Waals surface area contributed by atoms with Crippen molar-refractivity contribution in [2.24, 2.45) is 0 Å². The van der Waals surface area contributed by atoms with Gasteiger partial charge in [-0.1, -0.05) is 42.4 Å². The number of hydrogen-bond acceptors (Lipinski definition) is 4. The predicted molar refractivity (Wildman–Crippen MR) is 94.7 cm³/mol. The second-order valence-electron chi connectivity index (χ2n) is 6.27. The zero-order valence-corrected chi connectivity index (χ0v) is 14.7. The van der Waals surface area contributed by atoms with Gasteiger partial charge < -0.3 is 14.3 Å². The summed E-state index contributed by atoms with van der Waals surface area (Å²) in [5.41, 5.74) is 3.04. The number of nitrogens with zero attached hydrogens (tertiary/aromatic N) is 1. The predicted octanol–water partition coefficient (Wildman–Crippen LogP) is 4.01. The molecular weight excluding hydrogens is 316 g/mol. The number of rotatable bonds is 6. The number of amides is 1. The van der Waals surface area contributed by atoms with Crippen LogP contribution in [0.4, 0.5) is 0 Å². The fourth-order valence-corrected chi connectivity index (χ4v) is 2.76. The van der Waals surface area contributed by atoms with Crippen LogP contribution in [-0.2, 0) is 6.42 Å². The number of aryl methyl sites for hydroxylation is 2. The Labute approximate surface area is 147 Å². The highest BCUT2D eigenvalue weighted by Crippen LogP contribution is 2.19. The molecule has 1 unspecified atom stereocenters. The van der Waals surface area contributed by atoms with Gasteiger partial charge >= 0.3 is 0 Å². The minimum Gasteiger partial charge on any atom is -0.456 e. The summed E-state index contributed by atoms with van der Waals surface area (Å²) in [6.45, 7) is 6.41. The van der Waals surface area contributed by atoms with Crippen molar-refractivity contribution in [3.05, 3.63) is 76.6 Å². The van der Waals surface area contributed by atoms with Crippen molar-refractivity contribution in [1.29, 1.82) is 0 Å². The smallest absolute Gasteiger partial charge is 0.287 e. The standard InChI is InChI=1S/C20H22N2O3/c1-13(16-7-5-4-6-8-16)12-21-20(23)19-10-9-17(24-19)11-18-14(2)22-25-15(18)3/h4-10,13H,11-12H2,1-3H3,(H,21,23). The van der Waals surface area contributed by atoms with Gasteiger partial charge in [-0.2, -0.15) is 0 Å². The molecule has 1 atom stereocenters. The van der Waals surface area contributed by atoms with Crippen LogP contribution in [0.2, 0.25) is 0 Å². The van der Waals surface area contributed by atoms with Gasteiger partial charge in [0.15, 0.2) is 5.76 Å². The van der Waals surface area contributed by atoms with Gasteiger partial charge in [0.2, 0.25) is 0 Å². The van der Waals surface area contributed by atoms with E-state index in [2.05, 4.69) is 29.5 Å². The molecule has 0 spiro atoms. The summed E-state index contributed by atoms with van der Waals surface area (Å²) in [5, 5.41) is 6.86.